The molecule has 1 aromatic carbocycles. The fourth-order valence-electron chi connectivity index (χ4n) is 1.80. The molecule has 104 valence electrons. The minimum absolute atomic E-state index is 0.195. The van der Waals surface area contributed by atoms with Gasteiger partial charge in [0.25, 0.3) is 5.91 Å². The van der Waals surface area contributed by atoms with Gasteiger partial charge in [-0.15, -0.1) is 0 Å². The summed E-state index contributed by atoms with van der Waals surface area (Å²) in [6.45, 7) is 3.93. The monoisotopic (exact) mass is 335 g/mol. The van der Waals surface area contributed by atoms with E-state index in [1.54, 1.807) is 0 Å². The van der Waals surface area contributed by atoms with Crippen molar-refractivity contribution >= 4 is 27.5 Å². The smallest absolute Gasteiger partial charge is 0.251 e. The Morgan fingerprint density at radius 1 is 1.25 bits per heavy atom. The quantitative estimate of drug-likeness (QED) is 0.901. The van der Waals surface area contributed by atoms with Gasteiger partial charge in [0, 0.05) is 10.5 Å². The van der Waals surface area contributed by atoms with Gasteiger partial charge in [0.2, 0.25) is 5.88 Å². The topological polar surface area (TPSA) is 91.2 Å². The van der Waals surface area contributed by atoms with E-state index in [1.165, 1.54) is 12.3 Å². The maximum absolute atomic E-state index is 11.2. The number of halogens is 1. The molecular formula is C14H14BrN3O2. The number of pyridine rings is 1. The van der Waals surface area contributed by atoms with Crippen LogP contribution in [0.3, 0.4) is 0 Å². The van der Waals surface area contributed by atoms with Gasteiger partial charge in [-0.2, -0.15) is 0 Å². The van der Waals surface area contributed by atoms with Gasteiger partial charge >= 0.3 is 0 Å². The number of primary amides is 1. The van der Waals surface area contributed by atoms with Gasteiger partial charge in [0.05, 0.1) is 17.4 Å². The van der Waals surface area contributed by atoms with Crippen molar-refractivity contribution in [2.75, 3.05) is 5.73 Å². The van der Waals surface area contributed by atoms with Crippen LogP contribution in [0.5, 0.6) is 11.6 Å². The number of benzene rings is 1. The first kappa shape index (κ1) is 14.3. The lowest BCUT2D eigenvalue weighted by Gasteiger charge is -2.10. The Kier molecular flexibility index (Phi) is 3.94. The highest BCUT2D eigenvalue weighted by atomic mass is 79.9. The number of hydrogen-bond donors (Lipinski definition) is 2. The number of aromatic nitrogens is 1. The van der Waals surface area contributed by atoms with Crippen LogP contribution in [0.2, 0.25) is 0 Å². The van der Waals surface area contributed by atoms with Crippen molar-refractivity contribution in [2.24, 2.45) is 5.73 Å². The lowest BCUT2D eigenvalue weighted by molar-refractivity contribution is 0.100. The molecule has 0 bridgehead atoms. The van der Waals surface area contributed by atoms with E-state index in [-0.39, 0.29) is 17.1 Å². The van der Waals surface area contributed by atoms with E-state index in [9.17, 15) is 4.79 Å². The van der Waals surface area contributed by atoms with Gasteiger partial charge in [-0.1, -0.05) is 15.9 Å². The van der Waals surface area contributed by atoms with Crippen LogP contribution in [0.15, 0.2) is 28.9 Å². The molecule has 6 heteroatoms. The number of nitrogen functional groups attached to an aromatic ring is 1. The molecule has 0 aliphatic heterocycles. The predicted molar refractivity (Wildman–Crippen MR) is 80.9 cm³/mol. The Morgan fingerprint density at radius 3 is 2.40 bits per heavy atom. The van der Waals surface area contributed by atoms with Gasteiger partial charge in [0.1, 0.15) is 5.75 Å². The highest BCUT2D eigenvalue weighted by molar-refractivity contribution is 9.10. The fraction of sp³-hybridized carbons (Fsp3) is 0.143. The van der Waals surface area contributed by atoms with Crippen LogP contribution < -0.4 is 16.2 Å². The first-order valence-corrected chi connectivity index (χ1v) is 6.67. The lowest BCUT2D eigenvalue weighted by Crippen LogP contribution is -2.13. The zero-order valence-corrected chi connectivity index (χ0v) is 12.7. The summed E-state index contributed by atoms with van der Waals surface area (Å²) in [6.07, 6.45) is 1.36. The molecule has 0 saturated heterocycles. The van der Waals surface area contributed by atoms with E-state index >= 15 is 0 Å². The number of hydrogen-bond acceptors (Lipinski definition) is 4. The van der Waals surface area contributed by atoms with Crippen molar-refractivity contribution < 1.29 is 9.53 Å². The van der Waals surface area contributed by atoms with E-state index in [0.29, 0.717) is 5.75 Å². The number of amides is 1. The summed E-state index contributed by atoms with van der Waals surface area (Å²) in [5.74, 6) is 0.294. The van der Waals surface area contributed by atoms with Crippen LogP contribution in [-0.2, 0) is 0 Å². The molecule has 0 radical (unpaired) electrons. The van der Waals surface area contributed by atoms with Gasteiger partial charge in [-0.3, -0.25) is 4.79 Å². The third-order valence-corrected chi connectivity index (χ3v) is 4.06. The Balaban J connectivity index is 2.35. The Morgan fingerprint density at radius 2 is 1.85 bits per heavy atom. The van der Waals surface area contributed by atoms with E-state index < -0.39 is 5.91 Å². The summed E-state index contributed by atoms with van der Waals surface area (Å²) in [5.41, 5.74) is 13.4. The lowest BCUT2D eigenvalue weighted by atomic mass is 10.1. The second-order valence-corrected chi connectivity index (χ2v) is 5.24. The Hall–Kier alpha value is -2.08. The minimum atomic E-state index is -0.613. The van der Waals surface area contributed by atoms with Crippen LogP contribution in [0.4, 0.5) is 5.69 Å². The summed E-state index contributed by atoms with van der Waals surface area (Å²) in [7, 11) is 0. The molecular weight excluding hydrogens is 322 g/mol. The van der Waals surface area contributed by atoms with Crippen LogP contribution in [-0.4, -0.2) is 10.9 Å². The number of rotatable bonds is 3. The average molecular weight is 336 g/mol. The van der Waals surface area contributed by atoms with E-state index in [0.717, 1.165) is 15.6 Å². The van der Waals surface area contributed by atoms with Crippen molar-refractivity contribution in [3.8, 4) is 11.6 Å². The third-order valence-electron chi connectivity index (χ3n) is 2.81. The van der Waals surface area contributed by atoms with Gasteiger partial charge in [0.15, 0.2) is 0 Å². The molecule has 0 aliphatic rings. The molecule has 0 saturated carbocycles. The molecule has 1 heterocycles. The second kappa shape index (κ2) is 5.50. The molecule has 1 amide bonds. The molecule has 0 aliphatic carbocycles. The summed E-state index contributed by atoms with van der Waals surface area (Å²) in [5, 5.41) is 0. The average Bonchev–Trinajstić information content (AvgIpc) is 2.38. The van der Waals surface area contributed by atoms with Gasteiger partial charge in [-0.05, 0) is 37.1 Å². The molecule has 4 N–H and O–H groups in total. The van der Waals surface area contributed by atoms with E-state index in [1.807, 2.05) is 26.0 Å². The van der Waals surface area contributed by atoms with Crippen LogP contribution in [0, 0.1) is 13.8 Å². The maximum Gasteiger partial charge on any atom is 0.251 e. The number of anilines is 1. The zero-order chi connectivity index (χ0) is 14.9. The molecule has 5 nitrogen and oxygen atoms in total. The van der Waals surface area contributed by atoms with Crippen molar-refractivity contribution in [3.05, 3.63) is 45.6 Å². The largest absolute Gasteiger partial charge is 0.439 e. The standard InChI is InChI=1S/C14H14BrN3O2/c1-7-3-9(4-8(2)13(7)15)20-12-5-10(14(17)19)11(16)6-18-12/h3-6H,16H2,1-2H3,(H2,17,19). The normalized spacial score (nSPS) is 10.3. The summed E-state index contributed by atoms with van der Waals surface area (Å²) >= 11 is 3.49. The predicted octanol–water partition coefficient (Wildman–Crippen LogP) is 2.93. The van der Waals surface area contributed by atoms with Crippen molar-refractivity contribution in [2.45, 2.75) is 13.8 Å². The van der Waals surface area contributed by atoms with Crippen molar-refractivity contribution in [3.63, 3.8) is 0 Å². The van der Waals surface area contributed by atoms with Gasteiger partial charge in [-0.25, -0.2) is 4.98 Å². The Bertz CT molecular complexity index is 663. The molecule has 0 atom stereocenters. The van der Waals surface area contributed by atoms with Crippen molar-refractivity contribution in [1.29, 1.82) is 0 Å². The van der Waals surface area contributed by atoms with E-state index in [2.05, 4.69) is 20.9 Å². The van der Waals surface area contributed by atoms with Crippen LogP contribution >= 0.6 is 15.9 Å². The summed E-state index contributed by atoms with van der Waals surface area (Å²) < 4.78 is 6.68. The number of nitrogens with two attached hydrogens (primary N) is 2. The molecule has 0 spiro atoms. The third kappa shape index (κ3) is 2.91. The molecule has 1 aromatic heterocycles. The number of nitrogens with zero attached hydrogens (tertiary/aromatic N) is 1. The first-order valence-electron chi connectivity index (χ1n) is 5.88. The SMILES string of the molecule is Cc1cc(Oc2cc(C(N)=O)c(N)cn2)cc(C)c1Br. The summed E-state index contributed by atoms with van der Waals surface area (Å²) in [6, 6.07) is 5.18. The van der Waals surface area contributed by atoms with Crippen molar-refractivity contribution in [1.82, 2.24) is 4.98 Å². The number of carbonyl (C=O) groups is 1. The van der Waals surface area contributed by atoms with Crippen LogP contribution in [0.25, 0.3) is 0 Å². The first-order chi connectivity index (χ1) is 9.38. The second-order valence-electron chi connectivity index (χ2n) is 4.45. The molecule has 0 unspecified atom stereocenters. The van der Waals surface area contributed by atoms with E-state index in [4.69, 9.17) is 16.2 Å². The highest BCUT2D eigenvalue weighted by Gasteiger charge is 2.10. The fourth-order valence-corrected chi connectivity index (χ4v) is 2.03. The number of ether oxygens (including phenoxy) is 1. The number of aryl methyl sites for hydroxylation is 2. The molecule has 0 fully saturated rings. The summed E-state index contributed by atoms with van der Waals surface area (Å²) in [4.78, 5) is 15.3. The van der Waals surface area contributed by atoms with Crippen LogP contribution in [0.1, 0.15) is 21.5 Å². The maximum atomic E-state index is 11.2. The zero-order valence-electron chi connectivity index (χ0n) is 11.1. The van der Waals surface area contributed by atoms with Gasteiger partial charge < -0.3 is 16.2 Å². The molecule has 2 aromatic rings. The minimum Gasteiger partial charge on any atom is -0.439 e. The highest BCUT2D eigenvalue weighted by Crippen LogP contribution is 2.29. The Labute approximate surface area is 125 Å². The molecule has 2 rings (SSSR count). The molecule has 20 heavy (non-hydrogen) atoms. The number of carbonyl (C=O) groups excluding carboxylic acids is 1.